The fraction of sp³-hybridized carbons (Fsp3) is 0.600. The van der Waals surface area contributed by atoms with E-state index in [-0.39, 0.29) is 30.1 Å². The van der Waals surface area contributed by atoms with Crippen molar-refractivity contribution in [3.05, 3.63) is 35.6 Å². The molecule has 23 heavy (non-hydrogen) atoms. The van der Waals surface area contributed by atoms with Crippen molar-refractivity contribution < 1.29 is 17.5 Å². The van der Waals surface area contributed by atoms with Crippen molar-refractivity contribution in [1.29, 1.82) is 0 Å². The third-order valence-corrected chi connectivity index (χ3v) is 5.61. The molecule has 0 aromatic heterocycles. The predicted octanol–water partition coefficient (Wildman–Crippen LogP) is 1.91. The molecule has 132 valence electrons. The summed E-state index contributed by atoms with van der Waals surface area (Å²) in [6.45, 7) is 2.17. The number of nitrogens with zero attached hydrogens (tertiary/aromatic N) is 1. The van der Waals surface area contributed by atoms with Crippen LogP contribution in [0.1, 0.15) is 24.8 Å². The number of nitrogens with two attached hydrogens (primary N) is 1. The highest BCUT2D eigenvalue weighted by Gasteiger charge is 2.28. The van der Waals surface area contributed by atoms with E-state index in [1.807, 2.05) is 0 Å². The molecule has 8 heteroatoms. The lowest BCUT2D eigenvalue weighted by Crippen LogP contribution is -2.41. The second-order valence-corrected chi connectivity index (χ2v) is 7.46. The first-order valence-corrected chi connectivity index (χ1v) is 9.16. The fourth-order valence-electron chi connectivity index (χ4n) is 2.49. The zero-order valence-electron chi connectivity index (χ0n) is 13.0. The maximum Gasteiger partial charge on any atom is 0.218 e. The molecule has 0 unspecified atom stereocenters. The molecule has 0 spiro atoms. The maximum atomic E-state index is 12.9. The summed E-state index contributed by atoms with van der Waals surface area (Å²) >= 11 is 0. The van der Waals surface area contributed by atoms with Crippen molar-refractivity contribution in [2.75, 3.05) is 26.2 Å². The highest BCUT2D eigenvalue weighted by atomic mass is 35.5. The summed E-state index contributed by atoms with van der Waals surface area (Å²) in [4.78, 5) is 0. The highest BCUT2D eigenvalue weighted by Crippen LogP contribution is 2.19. The number of sulfonamides is 1. The van der Waals surface area contributed by atoms with E-state index in [0.717, 1.165) is 6.42 Å². The minimum absolute atomic E-state index is 0. The van der Waals surface area contributed by atoms with Crippen LogP contribution in [0, 0.1) is 5.82 Å². The van der Waals surface area contributed by atoms with Crippen LogP contribution in [-0.2, 0) is 20.5 Å². The smallest absolute Gasteiger partial charge is 0.218 e. The van der Waals surface area contributed by atoms with Gasteiger partial charge in [0, 0.05) is 19.7 Å². The molecule has 1 heterocycles. The van der Waals surface area contributed by atoms with Gasteiger partial charge in [0.1, 0.15) is 5.82 Å². The minimum Gasteiger partial charge on any atom is -0.378 e. The average Bonchev–Trinajstić information content (AvgIpc) is 2.50. The number of rotatable bonds is 7. The molecule has 1 saturated heterocycles. The van der Waals surface area contributed by atoms with Crippen molar-refractivity contribution in [1.82, 2.24) is 4.31 Å². The Bertz CT molecular complexity index is 561. The lowest BCUT2D eigenvalue weighted by Gasteiger charge is -2.31. The summed E-state index contributed by atoms with van der Waals surface area (Å²) in [6.07, 6.45) is 2.34. The Hall–Kier alpha value is -0.730. The standard InChI is InChI=1S/C15H23FN2O3S.ClH/c16-14-4-2-13(3-5-14)12-22(19,20)18-9-6-15(7-10-18)21-11-1-8-17;/h2-5,15H,1,6-12,17H2;1H. The quantitative estimate of drug-likeness (QED) is 0.748. The summed E-state index contributed by atoms with van der Waals surface area (Å²) in [7, 11) is -3.36. The van der Waals surface area contributed by atoms with Gasteiger partial charge in [-0.25, -0.2) is 17.1 Å². The molecule has 0 saturated carbocycles. The third kappa shape index (κ3) is 6.35. The molecule has 2 rings (SSSR count). The normalized spacial score (nSPS) is 17.0. The summed E-state index contributed by atoms with van der Waals surface area (Å²) < 4.78 is 44.8. The first kappa shape index (κ1) is 20.3. The van der Waals surface area contributed by atoms with E-state index < -0.39 is 10.0 Å². The lowest BCUT2D eigenvalue weighted by molar-refractivity contribution is 0.0208. The molecule has 2 N–H and O–H groups in total. The van der Waals surface area contributed by atoms with Crippen LogP contribution < -0.4 is 5.73 Å². The largest absolute Gasteiger partial charge is 0.378 e. The molecule has 1 aliphatic rings. The molecule has 1 aromatic rings. The Morgan fingerprint density at radius 3 is 2.39 bits per heavy atom. The number of ether oxygens (including phenoxy) is 1. The number of halogens is 2. The zero-order valence-corrected chi connectivity index (χ0v) is 14.6. The molecule has 0 radical (unpaired) electrons. The minimum atomic E-state index is -3.36. The van der Waals surface area contributed by atoms with Gasteiger partial charge in [0.2, 0.25) is 10.0 Å². The summed E-state index contributed by atoms with van der Waals surface area (Å²) in [5, 5.41) is 0. The molecule has 0 atom stereocenters. The van der Waals surface area contributed by atoms with Gasteiger partial charge in [-0.1, -0.05) is 12.1 Å². The van der Waals surface area contributed by atoms with Crippen LogP contribution in [-0.4, -0.2) is 45.1 Å². The molecule has 1 aromatic carbocycles. The first-order chi connectivity index (χ1) is 10.5. The van der Waals surface area contributed by atoms with Crippen molar-refractivity contribution >= 4 is 22.4 Å². The molecule has 0 amide bonds. The van der Waals surface area contributed by atoms with Gasteiger partial charge in [-0.15, -0.1) is 12.4 Å². The first-order valence-electron chi connectivity index (χ1n) is 7.55. The van der Waals surface area contributed by atoms with Gasteiger partial charge < -0.3 is 10.5 Å². The Labute approximate surface area is 143 Å². The zero-order chi connectivity index (χ0) is 16.0. The number of piperidine rings is 1. The second kappa shape index (κ2) is 9.54. The van der Waals surface area contributed by atoms with E-state index in [9.17, 15) is 12.8 Å². The van der Waals surface area contributed by atoms with Crippen molar-refractivity contribution in [2.45, 2.75) is 31.1 Å². The molecular formula is C15H24ClFN2O3S. The van der Waals surface area contributed by atoms with E-state index in [0.29, 0.717) is 44.6 Å². The van der Waals surface area contributed by atoms with E-state index >= 15 is 0 Å². The Kier molecular flexibility index (Phi) is 8.42. The predicted molar refractivity (Wildman–Crippen MR) is 90.5 cm³/mol. The van der Waals surface area contributed by atoms with Gasteiger partial charge in [0.05, 0.1) is 11.9 Å². The molecule has 1 fully saturated rings. The highest BCUT2D eigenvalue weighted by molar-refractivity contribution is 7.88. The van der Waals surface area contributed by atoms with E-state index in [4.69, 9.17) is 10.5 Å². The van der Waals surface area contributed by atoms with E-state index in [2.05, 4.69) is 0 Å². The maximum absolute atomic E-state index is 12.9. The SMILES string of the molecule is Cl.NCCCOC1CCN(S(=O)(=O)Cc2ccc(F)cc2)CC1. The molecule has 1 aliphatic heterocycles. The van der Waals surface area contributed by atoms with Crippen LogP contribution in [0.25, 0.3) is 0 Å². The van der Waals surface area contributed by atoms with Crippen molar-refractivity contribution in [3.8, 4) is 0 Å². The topological polar surface area (TPSA) is 72.6 Å². The van der Waals surface area contributed by atoms with Crippen molar-refractivity contribution in [3.63, 3.8) is 0 Å². The second-order valence-electron chi connectivity index (χ2n) is 5.49. The average molecular weight is 367 g/mol. The van der Waals surface area contributed by atoms with Crippen LogP contribution in [0.15, 0.2) is 24.3 Å². The van der Waals surface area contributed by atoms with Crippen LogP contribution in [0.5, 0.6) is 0 Å². The van der Waals surface area contributed by atoms with Gasteiger partial charge in [0.25, 0.3) is 0 Å². The summed E-state index contributed by atoms with van der Waals surface area (Å²) in [6, 6.07) is 5.58. The molecule has 5 nitrogen and oxygen atoms in total. The van der Waals surface area contributed by atoms with Crippen LogP contribution in [0.3, 0.4) is 0 Å². The van der Waals surface area contributed by atoms with Crippen LogP contribution in [0.4, 0.5) is 4.39 Å². The van der Waals surface area contributed by atoms with Crippen LogP contribution in [0.2, 0.25) is 0 Å². The number of hydrogen-bond acceptors (Lipinski definition) is 4. The Morgan fingerprint density at radius 2 is 1.83 bits per heavy atom. The third-order valence-electron chi connectivity index (χ3n) is 3.76. The van der Waals surface area contributed by atoms with Gasteiger partial charge in [-0.3, -0.25) is 0 Å². The molecule has 0 bridgehead atoms. The molecular weight excluding hydrogens is 343 g/mol. The molecule has 0 aliphatic carbocycles. The van der Waals surface area contributed by atoms with Crippen molar-refractivity contribution in [2.24, 2.45) is 5.73 Å². The Balaban J connectivity index is 0.00000264. The van der Waals surface area contributed by atoms with Gasteiger partial charge in [0.15, 0.2) is 0 Å². The van der Waals surface area contributed by atoms with Gasteiger partial charge in [-0.2, -0.15) is 0 Å². The van der Waals surface area contributed by atoms with E-state index in [1.54, 1.807) is 0 Å². The lowest BCUT2D eigenvalue weighted by atomic mass is 10.1. The van der Waals surface area contributed by atoms with E-state index in [1.165, 1.54) is 28.6 Å². The summed E-state index contributed by atoms with van der Waals surface area (Å²) in [5.41, 5.74) is 6.01. The fourth-order valence-corrected chi connectivity index (χ4v) is 4.06. The summed E-state index contributed by atoms with van der Waals surface area (Å²) in [5.74, 6) is -0.456. The van der Waals surface area contributed by atoms with Gasteiger partial charge in [-0.05, 0) is 43.5 Å². The number of benzene rings is 1. The van der Waals surface area contributed by atoms with Crippen LogP contribution >= 0.6 is 12.4 Å². The van der Waals surface area contributed by atoms with Gasteiger partial charge >= 0.3 is 0 Å². The Morgan fingerprint density at radius 1 is 1.22 bits per heavy atom. The number of hydrogen-bond donors (Lipinski definition) is 1. The monoisotopic (exact) mass is 366 g/mol.